The van der Waals surface area contributed by atoms with Crippen molar-refractivity contribution in [1.82, 2.24) is 0 Å². The molecule has 2 aromatic rings. The molecule has 0 nitrogen and oxygen atoms in total. The first kappa shape index (κ1) is 8.50. The second-order valence-electron chi connectivity index (χ2n) is 2.38. The van der Waals surface area contributed by atoms with E-state index < -0.39 is 28.7 Å². The number of fused-ring (bicyclic) bond motifs is 1. The first-order valence-electron chi connectivity index (χ1n) is 3.24. The molecule has 0 aliphatic rings. The van der Waals surface area contributed by atoms with Crippen LogP contribution in [0.3, 0.4) is 0 Å². The van der Waals surface area contributed by atoms with E-state index in [1.165, 1.54) is 0 Å². The summed E-state index contributed by atoms with van der Waals surface area (Å²) in [6.45, 7) is 0. The Bertz CT molecular complexity index is 474. The Morgan fingerprint density at radius 1 is 1.08 bits per heavy atom. The molecule has 0 saturated carbocycles. The fraction of sp³-hybridized carbons (Fsp3) is 0. The van der Waals surface area contributed by atoms with E-state index in [0.29, 0.717) is 11.3 Å². The molecule has 0 N–H and O–H groups in total. The molecule has 0 spiro atoms. The standard InChI is InChI=1S/C8HF4S/c9-3-1-5-6(4(10)2-13-5)8(12)7(3)11/h1H. The summed E-state index contributed by atoms with van der Waals surface area (Å²) in [5.41, 5.74) is 0. The third-order valence-electron chi connectivity index (χ3n) is 1.60. The molecule has 0 saturated heterocycles. The van der Waals surface area contributed by atoms with Crippen molar-refractivity contribution < 1.29 is 17.6 Å². The maximum Gasteiger partial charge on any atom is 0.195 e. The molecule has 1 aromatic heterocycles. The molecule has 67 valence electrons. The molecule has 0 unspecified atom stereocenters. The van der Waals surface area contributed by atoms with Gasteiger partial charge in [0, 0.05) is 4.70 Å². The number of thiophene rings is 1. The average Bonchev–Trinajstić information content (AvgIpc) is 2.43. The summed E-state index contributed by atoms with van der Waals surface area (Å²) in [6, 6.07) is 0.748. The number of hydrogen-bond acceptors (Lipinski definition) is 1. The van der Waals surface area contributed by atoms with Crippen LogP contribution in [0.2, 0.25) is 0 Å². The van der Waals surface area contributed by atoms with Crippen molar-refractivity contribution in [3.8, 4) is 0 Å². The van der Waals surface area contributed by atoms with Crippen molar-refractivity contribution in [2.24, 2.45) is 0 Å². The van der Waals surface area contributed by atoms with Crippen molar-refractivity contribution >= 4 is 21.4 Å². The fourth-order valence-electron chi connectivity index (χ4n) is 1.01. The van der Waals surface area contributed by atoms with Gasteiger partial charge in [0.1, 0.15) is 0 Å². The molecule has 13 heavy (non-hydrogen) atoms. The Morgan fingerprint density at radius 2 is 1.77 bits per heavy atom. The van der Waals surface area contributed by atoms with Gasteiger partial charge in [-0.1, -0.05) is 0 Å². The normalized spacial score (nSPS) is 11.1. The lowest BCUT2D eigenvalue weighted by Gasteiger charge is -1.96. The Hall–Kier alpha value is -1.10. The van der Waals surface area contributed by atoms with Gasteiger partial charge >= 0.3 is 0 Å². The van der Waals surface area contributed by atoms with Crippen molar-refractivity contribution in [2.75, 3.05) is 0 Å². The smallest absolute Gasteiger partial charge is 0.195 e. The van der Waals surface area contributed by atoms with E-state index in [1.54, 1.807) is 0 Å². The molecule has 0 atom stereocenters. The highest BCUT2D eigenvalue weighted by Crippen LogP contribution is 2.29. The van der Waals surface area contributed by atoms with Crippen molar-refractivity contribution in [1.29, 1.82) is 0 Å². The second kappa shape index (κ2) is 2.70. The summed E-state index contributed by atoms with van der Waals surface area (Å²) >= 11 is 0.704. The van der Waals surface area contributed by atoms with Gasteiger partial charge in [0.05, 0.1) is 10.8 Å². The van der Waals surface area contributed by atoms with Gasteiger partial charge in [-0.05, 0) is 6.07 Å². The molecular formula is C8HF4S. The van der Waals surface area contributed by atoms with Gasteiger partial charge in [-0.15, -0.1) is 11.3 Å². The van der Waals surface area contributed by atoms with E-state index >= 15 is 0 Å². The van der Waals surface area contributed by atoms with Crippen molar-refractivity contribution in [3.05, 3.63) is 34.7 Å². The Labute approximate surface area is 74.4 Å². The molecule has 0 bridgehead atoms. The van der Waals surface area contributed by atoms with E-state index in [-0.39, 0.29) is 4.70 Å². The van der Waals surface area contributed by atoms with E-state index in [1.807, 2.05) is 0 Å². The molecule has 0 fully saturated rings. The van der Waals surface area contributed by atoms with E-state index in [4.69, 9.17) is 0 Å². The molecule has 0 amide bonds. The average molecular weight is 205 g/mol. The van der Waals surface area contributed by atoms with Crippen LogP contribution in [0.1, 0.15) is 0 Å². The number of hydrogen-bond donors (Lipinski definition) is 0. The third kappa shape index (κ3) is 1.11. The summed E-state index contributed by atoms with van der Waals surface area (Å²) < 4.78 is 50.8. The molecule has 2 rings (SSSR count). The first-order chi connectivity index (χ1) is 6.11. The zero-order valence-electron chi connectivity index (χ0n) is 6.00. The zero-order chi connectivity index (χ0) is 9.59. The summed E-state index contributed by atoms with van der Waals surface area (Å²) in [7, 11) is 0. The largest absolute Gasteiger partial charge is 0.205 e. The van der Waals surface area contributed by atoms with Crippen molar-refractivity contribution in [3.63, 3.8) is 0 Å². The van der Waals surface area contributed by atoms with Crippen molar-refractivity contribution in [2.45, 2.75) is 0 Å². The maximum atomic E-state index is 12.9. The van der Waals surface area contributed by atoms with E-state index in [2.05, 4.69) is 5.38 Å². The quantitative estimate of drug-likeness (QED) is 0.457. The predicted octanol–water partition coefficient (Wildman–Crippen LogP) is 3.26. The first-order valence-corrected chi connectivity index (χ1v) is 4.06. The van der Waals surface area contributed by atoms with Gasteiger partial charge in [-0.25, -0.2) is 17.6 Å². The van der Waals surface area contributed by atoms with Crippen LogP contribution in [0.25, 0.3) is 10.1 Å². The van der Waals surface area contributed by atoms with Crippen LogP contribution >= 0.6 is 11.3 Å². The van der Waals surface area contributed by atoms with Gasteiger partial charge in [-0.2, -0.15) is 0 Å². The van der Waals surface area contributed by atoms with Crippen LogP contribution in [0.5, 0.6) is 0 Å². The lowest BCUT2D eigenvalue weighted by atomic mass is 10.2. The van der Waals surface area contributed by atoms with Gasteiger partial charge in [0.2, 0.25) is 0 Å². The van der Waals surface area contributed by atoms with Crippen LogP contribution in [0, 0.1) is 28.6 Å². The Balaban J connectivity index is 2.97. The SMILES string of the molecule is Fc1cc2s[c]c(F)c2c(F)c1F. The zero-order valence-corrected chi connectivity index (χ0v) is 6.81. The minimum atomic E-state index is -1.65. The summed E-state index contributed by atoms with van der Waals surface area (Å²) in [5.74, 6) is -5.46. The number of rotatable bonds is 0. The summed E-state index contributed by atoms with van der Waals surface area (Å²) in [5, 5.41) is 1.54. The topological polar surface area (TPSA) is 0 Å². The van der Waals surface area contributed by atoms with E-state index in [0.717, 1.165) is 6.07 Å². The maximum absolute atomic E-state index is 12.9. The monoisotopic (exact) mass is 205 g/mol. The highest BCUT2D eigenvalue weighted by Gasteiger charge is 2.17. The second-order valence-corrected chi connectivity index (χ2v) is 3.23. The molecule has 5 heteroatoms. The molecule has 0 aliphatic carbocycles. The third-order valence-corrected chi connectivity index (χ3v) is 2.42. The molecule has 1 heterocycles. The number of benzene rings is 1. The van der Waals surface area contributed by atoms with Gasteiger partial charge < -0.3 is 0 Å². The van der Waals surface area contributed by atoms with Crippen LogP contribution in [0.4, 0.5) is 17.6 Å². The van der Waals surface area contributed by atoms with Crippen LogP contribution in [0.15, 0.2) is 6.07 Å². The molecular weight excluding hydrogens is 204 g/mol. The minimum absolute atomic E-state index is 0.00824. The fourth-order valence-corrected chi connectivity index (χ4v) is 1.75. The highest BCUT2D eigenvalue weighted by molar-refractivity contribution is 7.16. The van der Waals surface area contributed by atoms with E-state index in [9.17, 15) is 17.6 Å². The highest BCUT2D eigenvalue weighted by atomic mass is 32.1. The Morgan fingerprint density at radius 3 is 2.46 bits per heavy atom. The van der Waals surface area contributed by atoms with Crippen LogP contribution in [-0.4, -0.2) is 0 Å². The van der Waals surface area contributed by atoms with Gasteiger partial charge in [0.15, 0.2) is 23.3 Å². The predicted molar refractivity (Wildman–Crippen MR) is 40.5 cm³/mol. The lowest BCUT2D eigenvalue weighted by molar-refractivity contribution is 0.452. The summed E-state index contributed by atoms with van der Waals surface area (Å²) in [4.78, 5) is 0. The van der Waals surface area contributed by atoms with Crippen LogP contribution < -0.4 is 0 Å². The summed E-state index contributed by atoms with van der Waals surface area (Å²) in [6.07, 6.45) is 0. The lowest BCUT2D eigenvalue weighted by Crippen LogP contribution is -1.90. The van der Waals surface area contributed by atoms with Crippen LogP contribution in [-0.2, 0) is 0 Å². The van der Waals surface area contributed by atoms with Gasteiger partial charge in [-0.3, -0.25) is 0 Å². The molecule has 1 radical (unpaired) electrons. The Kier molecular flexibility index (Phi) is 1.76. The molecule has 1 aromatic carbocycles. The van der Waals surface area contributed by atoms with Gasteiger partial charge in [0.25, 0.3) is 0 Å². The minimum Gasteiger partial charge on any atom is -0.205 e. The molecule has 0 aliphatic heterocycles. The number of halogens is 4.